The molecule has 1 aromatic heterocycles. The monoisotopic (exact) mass is 376 g/mol. The first kappa shape index (κ1) is 18.9. The molecule has 3 rings (SSSR count). The summed E-state index contributed by atoms with van der Waals surface area (Å²) in [6.07, 6.45) is 2.56. The average molecular weight is 376 g/mol. The number of pyridine rings is 1. The van der Waals surface area contributed by atoms with Crippen LogP contribution in [0.3, 0.4) is 0 Å². The van der Waals surface area contributed by atoms with E-state index >= 15 is 0 Å². The number of nitrogens with zero attached hydrogens (tertiary/aromatic N) is 1. The molecule has 3 N–H and O–H groups in total. The predicted octanol–water partition coefficient (Wildman–Crippen LogP) is 3.46. The highest BCUT2D eigenvalue weighted by Gasteiger charge is 2.12. The Morgan fingerprint density at radius 2 is 1.43 bits per heavy atom. The lowest BCUT2D eigenvalue weighted by Gasteiger charge is -2.15. The van der Waals surface area contributed by atoms with Gasteiger partial charge in [-0.15, -0.1) is 0 Å². The van der Waals surface area contributed by atoms with Crippen molar-refractivity contribution in [3.8, 4) is 0 Å². The number of amides is 3. The van der Waals surface area contributed by atoms with Gasteiger partial charge in [-0.05, 0) is 36.8 Å². The largest absolute Gasteiger partial charge is 0.619 e. The summed E-state index contributed by atoms with van der Waals surface area (Å²) in [6.45, 7) is 1.86. The van der Waals surface area contributed by atoms with E-state index in [1.807, 2.05) is 37.3 Å². The van der Waals surface area contributed by atoms with Crippen LogP contribution < -0.4 is 20.7 Å². The first-order valence-corrected chi connectivity index (χ1v) is 8.74. The number of urea groups is 1. The lowest BCUT2D eigenvalue weighted by Crippen LogP contribution is -2.29. The molecule has 2 aromatic carbocycles. The summed E-state index contributed by atoms with van der Waals surface area (Å²) in [5, 5.41) is 19.4. The zero-order valence-corrected chi connectivity index (χ0v) is 15.3. The highest BCUT2D eigenvalue weighted by Crippen LogP contribution is 2.17. The van der Waals surface area contributed by atoms with Gasteiger partial charge in [0.2, 0.25) is 0 Å². The number of para-hydroxylation sites is 1. The van der Waals surface area contributed by atoms with Gasteiger partial charge in [-0.3, -0.25) is 4.79 Å². The van der Waals surface area contributed by atoms with Crippen LogP contribution in [0.15, 0.2) is 79.1 Å². The normalized spacial score (nSPS) is 11.3. The quantitative estimate of drug-likeness (QED) is 0.470. The number of benzene rings is 2. The summed E-state index contributed by atoms with van der Waals surface area (Å²) in [5.74, 6) is -0.266. The number of aromatic nitrogens is 1. The maximum atomic E-state index is 12.2. The topological polar surface area (TPSA) is 97.2 Å². The van der Waals surface area contributed by atoms with Gasteiger partial charge in [0.05, 0.1) is 11.6 Å². The first-order valence-electron chi connectivity index (χ1n) is 8.74. The van der Waals surface area contributed by atoms with Crippen molar-refractivity contribution in [3.05, 3.63) is 95.5 Å². The Labute approximate surface area is 162 Å². The molecule has 0 fully saturated rings. The van der Waals surface area contributed by atoms with Crippen molar-refractivity contribution in [1.82, 2.24) is 5.32 Å². The average Bonchev–Trinajstić information content (AvgIpc) is 2.69. The van der Waals surface area contributed by atoms with Crippen LogP contribution in [-0.2, 0) is 0 Å². The molecule has 1 atom stereocenters. The van der Waals surface area contributed by atoms with Crippen molar-refractivity contribution in [2.24, 2.45) is 0 Å². The Morgan fingerprint density at radius 3 is 2.04 bits per heavy atom. The van der Waals surface area contributed by atoms with Crippen molar-refractivity contribution < 1.29 is 14.3 Å². The molecule has 7 heteroatoms. The van der Waals surface area contributed by atoms with Crippen molar-refractivity contribution in [2.75, 3.05) is 10.6 Å². The molecule has 3 aromatic rings. The van der Waals surface area contributed by atoms with Crippen LogP contribution in [0.5, 0.6) is 0 Å². The molecule has 3 amide bonds. The minimum Gasteiger partial charge on any atom is -0.619 e. The molecule has 1 heterocycles. The van der Waals surface area contributed by atoms with Gasteiger partial charge in [-0.2, -0.15) is 4.73 Å². The van der Waals surface area contributed by atoms with E-state index in [1.54, 1.807) is 24.3 Å². The second kappa shape index (κ2) is 8.68. The third-order valence-electron chi connectivity index (χ3n) is 4.11. The molecular formula is C21H20N4O3. The molecule has 0 aliphatic rings. The van der Waals surface area contributed by atoms with Crippen LogP contribution in [0, 0.1) is 5.21 Å². The number of rotatable bonds is 5. The zero-order valence-electron chi connectivity index (χ0n) is 15.3. The van der Waals surface area contributed by atoms with Gasteiger partial charge in [0.1, 0.15) is 0 Å². The lowest BCUT2D eigenvalue weighted by molar-refractivity contribution is -0.605. The SMILES string of the molecule is CC(NC(=O)c1cc[n+]([O-])cc1)c1ccc(NC(=O)Nc2ccccc2)cc1. The van der Waals surface area contributed by atoms with Crippen LogP contribution in [0.25, 0.3) is 0 Å². The van der Waals surface area contributed by atoms with Gasteiger partial charge < -0.3 is 21.2 Å². The molecule has 0 saturated carbocycles. The fraction of sp³-hybridized carbons (Fsp3) is 0.0952. The van der Waals surface area contributed by atoms with Gasteiger partial charge in [0.25, 0.3) is 5.91 Å². The summed E-state index contributed by atoms with van der Waals surface area (Å²) in [5.41, 5.74) is 2.64. The summed E-state index contributed by atoms with van der Waals surface area (Å²) in [6, 6.07) is 18.7. The van der Waals surface area contributed by atoms with E-state index in [9.17, 15) is 14.8 Å². The zero-order chi connectivity index (χ0) is 19.9. The molecular weight excluding hydrogens is 356 g/mol. The Bertz CT molecular complexity index is 942. The van der Waals surface area contributed by atoms with E-state index in [1.165, 1.54) is 24.5 Å². The Morgan fingerprint density at radius 1 is 0.857 bits per heavy atom. The van der Waals surface area contributed by atoms with Crippen molar-refractivity contribution in [3.63, 3.8) is 0 Å². The van der Waals surface area contributed by atoms with Gasteiger partial charge in [0.15, 0.2) is 12.4 Å². The number of hydrogen-bond acceptors (Lipinski definition) is 3. The second-order valence-corrected chi connectivity index (χ2v) is 6.21. The smallest absolute Gasteiger partial charge is 0.323 e. The fourth-order valence-corrected chi connectivity index (χ4v) is 2.60. The van der Waals surface area contributed by atoms with Crippen LogP contribution in [0.2, 0.25) is 0 Å². The molecule has 0 radical (unpaired) electrons. The minimum atomic E-state index is -0.333. The molecule has 0 aliphatic heterocycles. The van der Waals surface area contributed by atoms with Gasteiger partial charge >= 0.3 is 6.03 Å². The van der Waals surface area contributed by atoms with Gasteiger partial charge in [0, 0.05) is 23.5 Å². The van der Waals surface area contributed by atoms with E-state index in [0.717, 1.165) is 5.56 Å². The van der Waals surface area contributed by atoms with Gasteiger partial charge in [-0.1, -0.05) is 30.3 Å². The van der Waals surface area contributed by atoms with E-state index in [-0.39, 0.29) is 18.0 Å². The highest BCUT2D eigenvalue weighted by atomic mass is 16.5. The summed E-state index contributed by atoms with van der Waals surface area (Å²) < 4.78 is 0.625. The summed E-state index contributed by atoms with van der Waals surface area (Å²) in [4.78, 5) is 24.3. The lowest BCUT2D eigenvalue weighted by atomic mass is 10.1. The molecule has 0 bridgehead atoms. The molecule has 0 saturated heterocycles. The Kier molecular flexibility index (Phi) is 5.86. The maximum absolute atomic E-state index is 12.2. The number of carbonyl (C=O) groups is 2. The standard InChI is InChI=1S/C21H20N4O3/c1-15(22-20(26)17-11-13-25(28)14-12-17)16-7-9-19(10-8-16)24-21(27)23-18-5-3-2-4-6-18/h2-15H,1H3,(H,22,26)(H2,23,24,27). The Balaban J connectivity index is 1.56. The maximum Gasteiger partial charge on any atom is 0.323 e. The van der Waals surface area contributed by atoms with E-state index in [0.29, 0.717) is 21.7 Å². The van der Waals surface area contributed by atoms with E-state index in [4.69, 9.17) is 0 Å². The number of anilines is 2. The summed E-state index contributed by atoms with van der Waals surface area (Å²) in [7, 11) is 0. The van der Waals surface area contributed by atoms with Crippen molar-refractivity contribution in [1.29, 1.82) is 0 Å². The molecule has 1 unspecified atom stereocenters. The summed E-state index contributed by atoms with van der Waals surface area (Å²) >= 11 is 0. The highest BCUT2D eigenvalue weighted by molar-refractivity contribution is 5.99. The molecule has 7 nitrogen and oxygen atoms in total. The second-order valence-electron chi connectivity index (χ2n) is 6.21. The predicted molar refractivity (Wildman–Crippen MR) is 107 cm³/mol. The van der Waals surface area contributed by atoms with Crippen molar-refractivity contribution in [2.45, 2.75) is 13.0 Å². The van der Waals surface area contributed by atoms with Crippen LogP contribution >= 0.6 is 0 Å². The third-order valence-corrected chi connectivity index (χ3v) is 4.11. The van der Waals surface area contributed by atoms with E-state index < -0.39 is 0 Å². The third kappa shape index (κ3) is 5.07. The Hall–Kier alpha value is -3.87. The molecule has 0 aliphatic carbocycles. The first-order chi connectivity index (χ1) is 13.5. The van der Waals surface area contributed by atoms with Crippen LogP contribution in [0.1, 0.15) is 28.9 Å². The number of nitrogens with one attached hydrogen (secondary N) is 3. The van der Waals surface area contributed by atoms with E-state index in [2.05, 4.69) is 16.0 Å². The molecule has 0 spiro atoms. The number of carbonyl (C=O) groups excluding carboxylic acids is 2. The van der Waals surface area contributed by atoms with Crippen LogP contribution in [-0.4, -0.2) is 11.9 Å². The van der Waals surface area contributed by atoms with Crippen LogP contribution in [0.4, 0.5) is 16.2 Å². The van der Waals surface area contributed by atoms with Crippen molar-refractivity contribution >= 4 is 23.3 Å². The molecule has 142 valence electrons. The fourth-order valence-electron chi connectivity index (χ4n) is 2.60. The molecule has 28 heavy (non-hydrogen) atoms. The minimum absolute atomic E-state index is 0.237. The number of hydrogen-bond donors (Lipinski definition) is 3. The van der Waals surface area contributed by atoms with Gasteiger partial charge in [-0.25, -0.2) is 4.79 Å².